The Morgan fingerprint density at radius 1 is 1.37 bits per heavy atom. The van der Waals surface area contributed by atoms with Crippen LogP contribution in [0, 0.1) is 11.3 Å². The van der Waals surface area contributed by atoms with Gasteiger partial charge in [0.05, 0.1) is 6.07 Å². The van der Waals surface area contributed by atoms with Gasteiger partial charge in [0, 0.05) is 6.54 Å². The molecule has 1 aliphatic rings. The molecule has 8 heteroatoms. The van der Waals surface area contributed by atoms with Crippen LogP contribution in [-0.2, 0) is 9.59 Å². The second-order valence-corrected chi connectivity index (χ2v) is 4.88. The van der Waals surface area contributed by atoms with Crippen LogP contribution >= 0.6 is 0 Å². The lowest BCUT2D eigenvalue weighted by Crippen LogP contribution is -2.54. The molecule has 0 aliphatic carbocycles. The lowest BCUT2D eigenvalue weighted by atomic mass is 10.1. The maximum Gasteiger partial charge on any atom is 0.471 e. The molecule has 0 aromatic carbocycles. The highest BCUT2D eigenvalue weighted by Crippen LogP contribution is 2.26. The summed E-state index contributed by atoms with van der Waals surface area (Å²) in [5, 5.41) is 11.1. The fourth-order valence-electron chi connectivity index (χ4n) is 1.86. The summed E-state index contributed by atoms with van der Waals surface area (Å²) in [7, 11) is 0. The average Bonchev–Trinajstić information content (AvgIpc) is 2.74. The topological polar surface area (TPSA) is 73.2 Å². The minimum atomic E-state index is -4.99. The zero-order valence-electron chi connectivity index (χ0n) is 10.5. The Hall–Kier alpha value is -1.78. The van der Waals surface area contributed by atoms with Gasteiger partial charge in [-0.15, -0.1) is 0 Å². The summed E-state index contributed by atoms with van der Waals surface area (Å²) in [5.41, 5.74) is -1.19. The molecule has 1 fully saturated rings. The standard InChI is InChI=1S/C11H14F3N3O2/c1-10(2,6-15)16-8(18)7-4-3-5-17(7)9(19)11(12,13)14/h7H,3-5H2,1-2H3,(H,16,18). The van der Waals surface area contributed by atoms with E-state index in [0.29, 0.717) is 11.3 Å². The molecule has 1 saturated heterocycles. The van der Waals surface area contributed by atoms with E-state index in [0.717, 1.165) is 0 Å². The van der Waals surface area contributed by atoms with Crippen LogP contribution in [0.4, 0.5) is 13.2 Å². The molecule has 2 amide bonds. The number of nitrogens with zero attached hydrogens (tertiary/aromatic N) is 2. The molecular formula is C11H14F3N3O2. The number of hydrogen-bond acceptors (Lipinski definition) is 3. The van der Waals surface area contributed by atoms with Crippen molar-refractivity contribution >= 4 is 11.8 Å². The van der Waals surface area contributed by atoms with Gasteiger partial charge >= 0.3 is 12.1 Å². The Labute approximate surface area is 108 Å². The van der Waals surface area contributed by atoms with E-state index in [-0.39, 0.29) is 13.0 Å². The van der Waals surface area contributed by atoms with E-state index in [1.54, 1.807) is 0 Å². The van der Waals surface area contributed by atoms with Crippen LogP contribution < -0.4 is 5.32 Å². The molecule has 1 N–H and O–H groups in total. The van der Waals surface area contributed by atoms with E-state index in [1.807, 2.05) is 6.07 Å². The largest absolute Gasteiger partial charge is 0.471 e. The van der Waals surface area contributed by atoms with Gasteiger partial charge < -0.3 is 10.2 Å². The highest BCUT2D eigenvalue weighted by Gasteiger charge is 2.48. The molecule has 19 heavy (non-hydrogen) atoms. The van der Waals surface area contributed by atoms with E-state index in [2.05, 4.69) is 5.32 Å². The van der Waals surface area contributed by atoms with Crippen LogP contribution in [0.25, 0.3) is 0 Å². The van der Waals surface area contributed by atoms with Crippen molar-refractivity contribution in [3.63, 3.8) is 0 Å². The quantitative estimate of drug-likeness (QED) is 0.817. The van der Waals surface area contributed by atoms with Crippen LogP contribution in [0.15, 0.2) is 0 Å². The predicted octanol–water partition coefficient (Wildman–Crippen LogP) is 0.958. The van der Waals surface area contributed by atoms with E-state index in [9.17, 15) is 22.8 Å². The molecule has 0 bridgehead atoms. The second kappa shape index (κ2) is 5.07. The number of alkyl halides is 3. The number of nitrogens with one attached hydrogen (secondary N) is 1. The zero-order chi connectivity index (χ0) is 14.8. The van der Waals surface area contributed by atoms with Gasteiger partial charge in [0.2, 0.25) is 5.91 Å². The third-order valence-corrected chi connectivity index (χ3v) is 2.77. The molecule has 0 aromatic rings. The molecule has 1 atom stereocenters. The van der Waals surface area contributed by atoms with Gasteiger partial charge in [0.1, 0.15) is 11.6 Å². The zero-order valence-corrected chi connectivity index (χ0v) is 10.5. The van der Waals surface area contributed by atoms with Crippen molar-refractivity contribution in [2.24, 2.45) is 0 Å². The molecule has 0 saturated carbocycles. The van der Waals surface area contributed by atoms with Crippen molar-refractivity contribution in [3.8, 4) is 6.07 Å². The molecule has 1 rings (SSSR count). The molecule has 106 valence electrons. The average molecular weight is 277 g/mol. The number of nitriles is 1. The third kappa shape index (κ3) is 3.59. The molecule has 1 unspecified atom stereocenters. The van der Waals surface area contributed by atoms with Crippen molar-refractivity contribution in [1.29, 1.82) is 5.26 Å². The summed E-state index contributed by atoms with van der Waals surface area (Å²) in [6.07, 6.45) is -4.50. The summed E-state index contributed by atoms with van der Waals surface area (Å²) in [6.45, 7) is 2.74. The Bertz CT molecular complexity index is 426. The van der Waals surface area contributed by atoms with E-state index in [4.69, 9.17) is 5.26 Å². The molecule has 0 aromatic heterocycles. The summed E-state index contributed by atoms with van der Waals surface area (Å²) < 4.78 is 37.1. The predicted molar refractivity (Wildman–Crippen MR) is 58.6 cm³/mol. The number of halogens is 3. The van der Waals surface area contributed by atoms with Gasteiger partial charge in [0.25, 0.3) is 0 Å². The smallest absolute Gasteiger partial charge is 0.337 e. The molecule has 1 heterocycles. The summed E-state index contributed by atoms with van der Waals surface area (Å²) in [5.74, 6) is -2.75. The van der Waals surface area contributed by atoms with E-state index >= 15 is 0 Å². The summed E-state index contributed by atoms with van der Waals surface area (Å²) >= 11 is 0. The number of rotatable bonds is 2. The van der Waals surface area contributed by atoms with Gasteiger partial charge in [-0.1, -0.05) is 0 Å². The normalized spacial score (nSPS) is 20.0. The Morgan fingerprint density at radius 3 is 2.42 bits per heavy atom. The Balaban J connectivity index is 2.81. The van der Waals surface area contributed by atoms with Gasteiger partial charge in [-0.2, -0.15) is 18.4 Å². The number of amides is 2. The van der Waals surface area contributed by atoms with Gasteiger partial charge in [-0.3, -0.25) is 9.59 Å². The first-order chi connectivity index (χ1) is 8.58. The number of hydrogen-bond donors (Lipinski definition) is 1. The van der Waals surface area contributed by atoms with E-state index < -0.39 is 29.6 Å². The van der Waals surface area contributed by atoms with Crippen molar-refractivity contribution in [3.05, 3.63) is 0 Å². The molecule has 0 radical (unpaired) electrons. The number of carbonyl (C=O) groups is 2. The lowest BCUT2D eigenvalue weighted by Gasteiger charge is -2.27. The van der Waals surface area contributed by atoms with Gasteiger partial charge in [0.15, 0.2) is 0 Å². The van der Waals surface area contributed by atoms with Crippen LogP contribution in [0.2, 0.25) is 0 Å². The minimum Gasteiger partial charge on any atom is -0.337 e. The summed E-state index contributed by atoms with van der Waals surface area (Å²) in [6, 6.07) is 0.647. The van der Waals surface area contributed by atoms with Crippen molar-refractivity contribution in [2.45, 2.75) is 44.4 Å². The maximum atomic E-state index is 12.4. The Kier molecular flexibility index (Phi) is 4.08. The van der Waals surface area contributed by atoms with Crippen molar-refractivity contribution < 1.29 is 22.8 Å². The van der Waals surface area contributed by atoms with Crippen molar-refractivity contribution in [1.82, 2.24) is 10.2 Å². The lowest BCUT2D eigenvalue weighted by molar-refractivity contribution is -0.186. The maximum absolute atomic E-state index is 12.4. The van der Waals surface area contributed by atoms with Crippen molar-refractivity contribution in [2.75, 3.05) is 6.54 Å². The third-order valence-electron chi connectivity index (χ3n) is 2.77. The highest BCUT2D eigenvalue weighted by atomic mass is 19.4. The Morgan fingerprint density at radius 2 is 1.95 bits per heavy atom. The van der Waals surface area contributed by atoms with Crippen LogP contribution in [0.3, 0.4) is 0 Å². The monoisotopic (exact) mass is 277 g/mol. The fourth-order valence-corrected chi connectivity index (χ4v) is 1.86. The molecule has 0 spiro atoms. The molecule has 1 aliphatic heterocycles. The number of carbonyl (C=O) groups excluding carboxylic acids is 2. The highest BCUT2D eigenvalue weighted by molar-refractivity contribution is 5.90. The van der Waals surface area contributed by atoms with Gasteiger partial charge in [-0.25, -0.2) is 0 Å². The first-order valence-electron chi connectivity index (χ1n) is 5.69. The number of likely N-dealkylation sites (tertiary alicyclic amines) is 1. The van der Waals surface area contributed by atoms with E-state index in [1.165, 1.54) is 13.8 Å². The van der Waals surface area contributed by atoms with Crippen LogP contribution in [-0.4, -0.2) is 41.0 Å². The SMILES string of the molecule is CC(C)(C#N)NC(=O)C1CCCN1C(=O)C(F)(F)F. The first kappa shape index (κ1) is 15.3. The van der Waals surface area contributed by atoms with Crippen LogP contribution in [0.5, 0.6) is 0 Å². The fraction of sp³-hybridized carbons (Fsp3) is 0.727. The van der Waals surface area contributed by atoms with Crippen LogP contribution in [0.1, 0.15) is 26.7 Å². The molecule has 5 nitrogen and oxygen atoms in total. The summed E-state index contributed by atoms with van der Waals surface area (Å²) in [4.78, 5) is 23.5. The second-order valence-electron chi connectivity index (χ2n) is 4.88. The minimum absolute atomic E-state index is 0.108. The molecular weight excluding hydrogens is 263 g/mol. The first-order valence-corrected chi connectivity index (χ1v) is 5.69. The van der Waals surface area contributed by atoms with Gasteiger partial charge in [-0.05, 0) is 26.7 Å².